The topological polar surface area (TPSA) is 39.7 Å². The van der Waals surface area contributed by atoms with Gasteiger partial charge in [0.2, 0.25) is 0 Å². The van der Waals surface area contributed by atoms with E-state index < -0.39 is 0 Å². The van der Waals surface area contributed by atoms with Crippen LogP contribution in [0, 0.1) is 5.41 Å². The molecule has 146 valence electrons. The van der Waals surface area contributed by atoms with Gasteiger partial charge in [0.1, 0.15) is 0 Å². The molecule has 5 heteroatoms. The maximum Gasteiger partial charge on any atom is 0.191 e. The number of halogens is 1. The summed E-state index contributed by atoms with van der Waals surface area (Å²) < 4.78 is 0. The van der Waals surface area contributed by atoms with Crippen LogP contribution in [-0.4, -0.2) is 49.6 Å². The van der Waals surface area contributed by atoms with Gasteiger partial charge in [0.15, 0.2) is 5.96 Å². The van der Waals surface area contributed by atoms with Gasteiger partial charge in [0, 0.05) is 38.8 Å². The lowest BCUT2D eigenvalue weighted by atomic mass is 9.86. The van der Waals surface area contributed by atoms with Gasteiger partial charge in [0.05, 0.1) is 0 Å². The largest absolute Gasteiger partial charge is 0.356 e. The molecule has 0 spiro atoms. The lowest BCUT2D eigenvalue weighted by Crippen LogP contribution is -2.50. The highest BCUT2D eigenvalue weighted by atomic mass is 127. The van der Waals surface area contributed by atoms with Gasteiger partial charge in [-0.2, -0.15) is 0 Å². The molecule has 1 saturated carbocycles. The third-order valence-corrected chi connectivity index (χ3v) is 5.42. The molecule has 1 aliphatic carbocycles. The number of hydrogen-bond donors (Lipinski definition) is 2. The maximum atomic E-state index is 4.44. The van der Waals surface area contributed by atoms with Gasteiger partial charge in [0.25, 0.3) is 0 Å². The second-order valence-electron chi connectivity index (χ2n) is 8.44. The summed E-state index contributed by atoms with van der Waals surface area (Å²) in [5.74, 6) is 0.950. The van der Waals surface area contributed by atoms with Gasteiger partial charge in [-0.3, -0.25) is 4.99 Å². The third kappa shape index (κ3) is 6.72. The van der Waals surface area contributed by atoms with Crippen molar-refractivity contribution in [3.63, 3.8) is 0 Å². The molecular formula is C21H35IN4. The fraction of sp³-hybridized carbons (Fsp3) is 0.667. The molecular weight excluding hydrogens is 435 g/mol. The molecule has 26 heavy (non-hydrogen) atoms. The third-order valence-electron chi connectivity index (χ3n) is 5.42. The lowest BCUT2D eigenvalue weighted by Gasteiger charge is -2.33. The second kappa shape index (κ2) is 9.93. The van der Waals surface area contributed by atoms with Gasteiger partial charge >= 0.3 is 0 Å². The summed E-state index contributed by atoms with van der Waals surface area (Å²) in [6.45, 7) is 8.02. The van der Waals surface area contributed by atoms with Crippen molar-refractivity contribution in [3.05, 3.63) is 35.9 Å². The highest BCUT2D eigenvalue weighted by molar-refractivity contribution is 14.0. The number of piperidine rings is 1. The van der Waals surface area contributed by atoms with Crippen molar-refractivity contribution in [2.24, 2.45) is 10.4 Å². The molecule has 1 saturated heterocycles. The lowest BCUT2D eigenvalue weighted by molar-refractivity contribution is 0.197. The normalized spacial score (nSPS) is 19.7. The van der Waals surface area contributed by atoms with Crippen LogP contribution in [0.5, 0.6) is 0 Å². The molecule has 1 aromatic carbocycles. The summed E-state index contributed by atoms with van der Waals surface area (Å²) in [5.41, 5.74) is 1.58. The molecule has 0 unspecified atom stereocenters. The zero-order valence-electron chi connectivity index (χ0n) is 16.5. The van der Waals surface area contributed by atoms with E-state index in [0.29, 0.717) is 6.04 Å². The highest BCUT2D eigenvalue weighted by Crippen LogP contribution is 2.29. The zero-order valence-corrected chi connectivity index (χ0v) is 18.8. The number of nitrogens with zero attached hydrogens (tertiary/aromatic N) is 2. The van der Waals surface area contributed by atoms with Crippen LogP contribution in [-0.2, 0) is 6.42 Å². The first-order valence-corrected chi connectivity index (χ1v) is 9.81. The Morgan fingerprint density at radius 2 is 1.77 bits per heavy atom. The Morgan fingerprint density at radius 3 is 2.35 bits per heavy atom. The minimum absolute atomic E-state index is 0. The number of rotatable bonds is 6. The van der Waals surface area contributed by atoms with Crippen LogP contribution in [0.1, 0.15) is 45.1 Å². The summed E-state index contributed by atoms with van der Waals surface area (Å²) >= 11 is 0. The molecule has 4 nitrogen and oxygen atoms in total. The van der Waals surface area contributed by atoms with E-state index in [0.717, 1.165) is 25.0 Å². The Morgan fingerprint density at radius 1 is 1.12 bits per heavy atom. The molecule has 3 rings (SSSR count). The zero-order chi connectivity index (χ0) is 17.7. The fourth-order valence-electron chi connectivity index (χ4n) is 3.77. The summed E-state index contributed by atoms with van der Waals surface area (Å²) in [4.78, 5) is 7.10. The molecule has 2 aliphatic rings. The molecule has 1 aromatic rings. The van der Waals surface area contributed by atoms with Crippen LogP contribution < -0.4 is 10.6 Å². The van der Waals surface area contributed by atoms with Crippen molar-refractivity contribution in [2.45, 2.75) is 58.0 Å². The van der Waals surface area contributed by atoms with E-state index in [1.807, 2.05) is 7.05 Å². The Hall–Kier alpha value is -0.820. The number of likely N-dealkylation sites (tertiary alicyclic amines) is 1. The first kappa shape index (κ1) is 21.5. The van der Waals surface area contributed by atoms with Crippen LogP contribution in [0.25, 0.3) is 0 Å². The van der Waals surface area contributed by atoms with Crippen LogP contribution in [0.15, 0.2) is 35.3 Å². The van der Waals surface area contributed by atoms with E-state index in [9.17, 15) is 0 Å². The molecule has 1 heterocycles. The number of hydrogen-bond acceptors (Lipinski definition) is 2. The van der Waals surface area contributed by atoms with Crippen LogP contribution >= 0.6 is 24.0 Å². The Labute approximate surface area is 176 Å². The van der Waals surface area contributed by atoms with E-state index in [-0.39, 0.29) is 29.4 Å². The van der Waals surface area contributed by atoms with Crippen molar-refractivity contribution in [3.8, 4) is 0 Å². The number of benzene rings is 1. The predicted molar refractivity (Wildman–Crippen MR) is 121 cm³/mol. The van der Waals surface area contributed by atoms with Crippen LogP contribution in [0.3, 0.4) is 0 Å². The first-order valence-electron chi connectivity index (χ1n) is 9.81. The monoisotopic (exact) mass is 470 g/mol. The Kier molecular flexibility index (Phi) is 8.20. The van der Waals surface area contributed by atoms with Gasteiger partial charge < -0.3 is 15.5 Å². The summed E-state index contributed by atoms with van der Waals surface area (Å²) in [6.07, 6.45) is 6.35. The van der Waals surface area contributed by atoms with Crippen molar-refractivity contribution < 1.29 is 0 Å². The minimum Gasteiger partial charge on any atom is -0.356 e. The predicted octanol–water partition coefficient (Wildman–Crippen LogP) is 3.67. The smallest absolute Gasteiger partial charge is 0.191 e. The summed E-state index contributed by atoms with van der Waals surface area (Å²) in [6, 6.07) is 12.2. The van der Waals surface area contributed by atoms with Gasteiger partial charge in [-0.1, -0.05) is 44.2 Å². The number of aliphatic imine (C=N–C) groups is 1. The molecule has 0 radical (unpaired) electrons. The molecule has 0 bridgehead atoms. The van der Waals surface area contributed by atoms with Crippen molar-refractivity contribution >= 4 is 29.9 Å². The highest BCUT2D eigenvalue weighted by Gasteiger charge is 2.32. The van der Waals surface area contributed by atoms with E-state index in [4.69, 9.17) is 0 Å². The van der Waals surface area contributed by atoms with Gasteiger partial charge in [-0.15, -0.1) is 24.0 Å². The molecule has 0 atom stereocenters. The van der Waals surface area contributed by atoms with Crippen LogP contribution in [0.2, 0.25) is 0 Å². The van der Waals surface area contributed by atoms with E-state index in [1.54, 1.807) is 0 Å². The van der Waals surface area contributed by atoms with Crippen molar-refractivity contribution in [1.29, 1.82) is 0 Å². The minimum atomic E-state index is 0. The number of nitrogens with one attached hydrogen (secondary N) is 2. The SMILES string of the molecule is CN=C(NCC(C)(C)Cc1ccccc1)NC1CCN(C2CC2)CC1.I. The van der Waals surface area contributed by atoms with E-state index >= 15 is 0 Å². The molecule has 2 N–H and O–H groups in total. The first-order chi connectivity index (χ1) is 12.1. The van der Waals surface area contributed by atoms with Crippen molar-refractivity contribution in [1.82, 2.24) is 15.5 Å². The molecule has 1 aliphatic heterocycles. The average molecular weight is 470 g/mol. The Bertz CT molecular complexity index is 561. The quantitative estimate of drug-likeness (QED) is 0.379. The van der Waals surface area contributed by atoms with Crippen LogP contribution in [0.4, 0.5) is 0 Å². The standard InChI is InChI=1S/C21H34N4.HI/c1-21(2,15-17-7-5-4-6-8-17)16-23-20(22-3)24-18-11-13-25(14-12-18)19-9-10-19;/h4-8,18-19H,9-16H2,1-3H3,(H2,22,23,24);1H. The number of guanidine groups is 1. The van der Waals surface area contributed by atoms with Gasteiger partial charge in [-0.05, 0) is 43.1 Å². The maximum absolute atomic E-state index is 4.44. The molecule has 2 fully saturated rings. The van der Waals surface area contributed by atoms with Gasteiger partial charge in [-0.25, -0.2) is 0 Å². The molecule has 0 amide bonds. The summed E-state index contributed by atoms with van der Waals surface area (Å²) in [5, 5.41) is 7.18. The second-order valence-corrected chi connectivity index (χ2v) is 8.44. The van der Waals surface area contributed by atoms with Crippen molar-refractivity contribution in [2.75, 3.05) is 26.7 Å². The summed E-state index contributed by atoms with van der Waals surface area (Å²) in [7, 11) is 1.87. The van der Waals surface area contributed by atoms with E-state index in [2.05, 4.69) is 64.7 Å². The Balaban J connectivity index is 0.00000243. The molecule has 0 aromatic heterocycles. The average Bonchev–Trinajstić information content (AvgIpc) is 3.45. The van der Waals surface area contributed by atoms with E-state index in [1.165, 1.54) is 44.3 Å². The fourth-order valence-corrected chi connectivity index (χ4v) is 3.77.